The Morgan fingerprint density at radius 1 is 1.10 bits per heavy atom. The van der Waals surface area contributed by atoms with Crippen LogP contribution in [0.2, 0.25) is 0 Å². The van der Waals surface area contributed by atoms with Gasteiger partial charge in [-0.05, 0) is 50.1 Å². The number of rotatable bonds is 3. The fraction of sp³-hybridized carbons (Fsp3) is 0.188. The molecule has 0 atom stereocenters. The zero-order valence-electron chi connectivity index (χ0n) is 11.8. The van der Waals surface area contributed by atoms with E-state index in [1.54, 1.807) is 13.0 Å². The molecule has 104 valence electrons. The van der Waals surface area contributed by atoms with E-state index in [2.05, 4.69) is 11.4 Å². The lowest BCUT2D eigenvalue weighted by molar-refractivity contribution is 0.0698. The predicted octanol–water partition coefficient (Wildman–Crippen LogP) is 3.64. The third-order valence-corrected chi connectivity index (χ3v) is 3.28. The molecule has 0 aliphatic rings. The molecule has 0 radical (unpaired) electrons. The van der Waals surface area contributed by atoms with Crippen molar-refractivity contribution >= 4 is 23.0 Å². The van der Waals surface area contributed by atoms with Gasteiger partial charge >= 0.3 is 5.97 Å². The number of benzene rings is 2. The van der Waals surface area contributed by atoms with Crippen LogP contribution < -0.4 is 11.1 Å². The van der Waals surface area contributed by atoms with Gasteiger partial charge in [-0.3, -0.25) is 0 Å². The van der Waals surface area contributed by atoms with E-state index in [1.807, 2.05) is 32.0 Å². The van der Waals surface area contributed by atoms with Crippen LogP contribution in [0.4, 0.5) is 17.1 Å². The lowest BCUT2D eigenvalue weighted by Crippen LogP contribution is -2.05. The van der Waals surface area contributed by atoms with Gasteiger partial charge in [-0.25, -0.2) is 4.79 Å². The Bertz CT molecular complexity index is 678. The van der Waals surface area contributed by atoms with E-state index in [0.717, 1.165) is 22.5 Å². The number of carboxylic acid groups (broad SMARTS) is 1. The van der Waals surface area contributed by atoms with Crippen LogP contribution in [0, 0.1) is 20.8 Å². The number of anilines is 3. The molecule has 0 saturated carbocycles. The summed E-state index contributed by atoms with van der Waals surface area (Å²) in [4.78, 5) is 11.2. The maximum absolute atomic E-state index is 11.2. The van der Waals surface area contributed by atoms with Crippen molar-refractivity contribution in [3.8, 4) is 0 Å². The molecule has 0 saturated heterocycles. The van der Waals surface area contributed by atoms with Gasteiger partial charge in [0.25, 0.3) is 0 Å². The second-order valence-corrected chi connectivity index (χ2v) is 5.00. The molecule has 0 fully saturated rings. The van der Waals surface area contributed by atoms with Gasteiger partial charge in [0.1, 0.15) is 0 Å². The van der Waals surface area contributed by atoms with E-state index < -0.39 is 5.97 Å². The average molecular weight is 270 g/mol. The summed E-state index contributed by atoms with van der Waals surface area (Å²) in [5, 5.41) is 12.4. The number of aryl methyl sites for hydroxylation is 3. The smallest absolute Gasteiger partial charge is 0.337 e. The van der Waals surface area contributed by atoms with Crippen LogP contribution >= 0.6 is 0 Å². The summed E-state index contributed by atoms with van der Waals surface area (Å²) in [5.41, 5.74) is 10.9. The highest BCUT2D eigenvalue weighted by atomic mass is 16.4. The molecule has 20 heavy (non-hydrogen) atoms. The van der Waals surface area contributed by atoms with Crippen LogP contribution in [-0.4, -0.2) is 11.1 Å². The maximum atomic E-state index is 11.2. The molecule has 4 nitrogen and oxygen atoms in total. The van der Waals surface area contributed by atoms with Crippen molar-refractivity contribution in [1.82, 2.24) is 0 Å². The molecule has 0 heterocycles. The molecule has 4 N–H and O–H groups in total. The average Bonchev–Trinajstić information content (AvgIpc) is 2.36. The Labute approximate surface area is 118 Å². The van der Waals surface area contributed by atoms with Crippen molar-refractivity contribution in [3.63, 3.8) is 0 Å². The molecular formula is C16H18N2O2. The highest BCUT2D eigenvalue weighted by Crippen LogP contribution is 2.27. The summed E-state index contributed by atoms with van der Waals surface area (Å²) in [6.07, 6.45) is 0. The summed E-state index contributed by atoms with van der Waals surface area (Å²) < 4.78 is 0. The van der Waals surface area contributed by atoms with E-state index in [1.165, 1.54) is 5.56 Å². The third kappa shape index (κ3) is 2.74. The zero-order valence-corrected chi connectivity index (χ0v) is 11.8. The first-order chi connectivity index (χ1) is 9.38. The van der Waals surface area contributed by atoms with Crippen LogP contribution in [0.1, 0.15) is 27.0 Å². The fourth-order valence-corrected chi connectivity index (χ4v) is 2.16. The summed E-state index contributed by atoms with van der Waals surface area (Å²) in [6, 6.07) is 9.48. The predicted molar refractivity (Wildman–Crippen MR) is 81.7 cm³/mol. The van der Waals surface area contributed by atoms with Crippen LogP contribution in [-0.2, 0) is 0 Å². The minimum absolute atomic E-state index is 0.122. The van der Waals surface area contributed by atoms with Crippen molar-refractivity contribution in [2.45, 2.75) is 20.8 Å². The Morgan fingerprint density at radius 2 is 1.80 bits per heavy atom. The first kappa shape index (κ1) is 13.9. The van der Waals surface area contributed by atoms with Gasteiger partial charge in [-0.15, -0.1) is 0 Å². The zero-order chi connectivity index (χ0) is 14.9. The Balaban J connectivity index is 2.41. The van der Waals surface area contributed by atoms with Crippen molar-refractivity contribution in [2.75, 3.05) is 11.1 Å². The molecule has 0 amide bonds. The Kier molecular flexibility index (Phi) is 3.66. The first-order valence-corrected chi connectivity index (χ1v) is 6.36. The second kappa shape index (κ2) is 5.25. The van der Waals surface area contributed by atoms with Crippen LogP contribution in [0.15, 0.2) is 30.3 Å². The van der Waals surface area contributed by atoms with Gasteiger partial charge in [-0.2, -0.15) is 0 Å². The summed E-state index contributed by atoms with van der Waals surface area (Å²) in [6.45, 7) is 5.85. The number of nitrogen functional groups attached to an aromatic ring is 1. The topological polar surface area (TPSA) is 75.3 Å². The minimum atomic E-state index is -1.02. The second-order valence-electron chi connectivity index (χ2n) is 5.00. The summed E-state index contributed by atoms with van der Waals surface area (Å²) >= 11 is 0. The number of hydrogen-bond donors (Lipinski definition) is 3. The van der Waals surface area contributed by atoms with Gasteiger partial charge < -0.3 is 16.2 Å². The van der Waals surface area contributed by atoms with Crippen molar-refractivity contribution in [2.24, 2.45) is 0 Å². The quantitative estimate of drug-likeness (QED) is 0.744. The summed E-state index contributed by atoms with van der Waals surface area (Å²) in [7, 11) is 0. The molecule has 0 unspecified atom stereocenters. The highest BCUT2D eigenvalue weighted by Gasteiger charge is 2.12. The number of carboxylic acids is 1. The standard InChI is InChI=1S/C16H18N2O2/c1-9-4-5-14(10(2)6-9)18-12-7-11(3)15(17)13(8-12)16(19)20/h4-8,18H,17H2,1-3H3,(H,19,20). The Hall–Kier alpha value is -2.49. The molecule has 2 aromatic rings. The normalized spacial score (nSPS) is 10.3. The fourth-order valence-electron chi connectivity index (χ4n) is 2.16. The molecule has 0 aliphatic heterocycles. The molecule has 0 aromatic heterocycles. The molecule has 2 rings (SSSR count). The van der Waals surface area contributed by atoms with Gasteiger partial charge in [0.2, 0.25) is 0 Å². The van der Waals surface area contributed by atoms with Gasteiger partial charge in [0.15, 0.2) is 0 Å². The number of nitrogens with one attached hydrogen (secondary N) is 1. The Morgan fingerprint density at radius 3 is 2.40 bits per heavy atom. The van der Waals surface area contributed by atoms with Crippen LogP contribution in [0.3, 0.4) is 0 Å². The highest BCUT2D eigenvalue weighted by molar-refractivity contribution is 5.96. The molecule has 4 heteroatoms. The van der Waals surface area contributed by atoms with Crippen molar-refractivity contribution in [3.05, 3.63) is 52.6 Å². The maximum Gasteiger partial charge on any atom is 0.337 e. The SMILES string of the molecule is Cc1ccc(Nc2cc(C)c(N)c(C(=O)O)c2)c(C)c1. The number of aromatic carboxylic acids is 1. The molecule has 2 aromatic carbocycles. The van der Waals surface area contributed by atoms with E-state index >= 15 is 0 Å². The van der Waals surface area contributed by atoms with Gasteiger partial charge in [0, 0.05) is 17.1 Å². The number of hydrogen-bond acceptors (Lipinski definition) is 3. The lowest BCUT2D eigenvalue weighted by Gasteiger charge is -2.13. The molecule has 0 spiro atoms. The monoisotopic (exact) mass is 270 g/mol. The molecule has 0 aliphatic carbocycles. The van der Waals surface area contributed by atoms with E-state index in [-0.39, 0.29) is 5.56 Å². The largest absolute Gasteiger partial charge is 0.478 e. The van der Waals surface area contributed by atoms with Crippen LogP contribution in [0.25, 0.3) is 0 Å². The molecular weight excluding hydrogens is 252 g/mol. The summed E-state index contributed by atoms with van der Waals surface area (Å²) in [5.74, 6) is -1.02. The number of nitrogens with two attached hydrogens (primary N) is 1. The van der Waals surface area contributed by atoms with E-state index in [4.69, 9.17) is 10.8 Å². The first-order valence-electron chi connectivity index (χ1n) is 6.36. The number of carbonyl (C=O) groups is 1. The van der Waals surface area contributed by atoms with Crippen molar-refractivity contribution < 1.29 is 9.90 Å². The minimum Gasteiger partial charge on any atom is -0.478 e. The van der Waals surface area contributed by atoms with Crippen molar-refractivity contribution in [1.29, 1.82) is 0 Å². The molecule has 0 bridgehead atoms. The van der Waals surface area contributed by atoms with E-state index in [9.17, 15) is 4.79 Å². The third-order valence-electron chi connectivity index (χ3n) is 3.28. The van der Waals surface area contributed by atoms with Gasteiger partial charge in [-0.1, -0.05) is 17.7 Å². The van der Waals surface area contributed by atoms with Crippen LogP contribution in [0.5, 0.6) is 0 Å². The lowest BCUT2D eigenvalue weighted by atomic mass is 10.1. The van der Waals surface area contributed by atoms with E-state index in [0.29, 0.717) is 5.69 Å². The van der Waals surface area contributed by atoms with Gasteiger partial charge in [0.05, 0.1) is 5.56 Å².